The van der Waals surface area contributed by atoms with E-state index in [9.17, 15) is 4.79 Å². The molecular formula is C25H26N2O2S. The highest BCUT2D eigenvalue weighted by atomic mass is 32.1. The standard InChI is InChI=1S/C25H26N2O2S/c1-17-6-9-20(10-7-17)29-13-5-4-12-27-16-26-24-23(25(27)28)22(15-30-24)21-11-8-18(2)14-19(21)3/h6-11,14-16H,4-5,12-13H2,1-3H3. The summed E-state index contributed by atoms with van der Waals surface area (Å²) >= 11 is 1.53. The lowest BCUT2D eigenvalue weighted by molar-refractivity contribution is 0.303. The summed E-state index contributed by atoms with van der Waals surface area (Å²) < 4.78 is 7.52. The van der Waals surface area contributed by atoms with Gasteiger partial charge in [-0.25, -0.2) is 4.98 Å². The van der Waals surface area contributed by atoms with Crippen molar-refractivity contribution in [3.63, 3.8) is 0 Å². The van der Waals surface area contributed by atoms with E-state index in [1.165, 1.54) is 28.0 Å². The second kappa shape index (κ2) is 8.84. The number of rotatable bonds is 7. The highest BCUT2D eigenvalue weighted by Gasteiger charge is 2.14. The van der Waals surface area contributed by atoms with E-state index in [0.717, 1.165) is 39.9 Å². The summed E-state index contributed by atoms with van der Waals surface area (Å²) in [6, 6.07) is 14.4. The first-order chi connectivity index (χ1) is 14.5. The zero-order valence-electron chi connectivity index (χ0n) is 17.6. The molecule has 2 aromatic carbocycles. The van der Waals surface area contributed by atoms with Gasteiger partial charge in [0.1, 0.15) is 10.6 Å². The van der Waals surface area contributed by atoms with E-state index in [-0.39, 0.29) is 5.56 Å². The minimum absolute atomic E-state index is 0.0377. The van der Waals surface area contributed by atoms with Gasteiger partial charge in [0.05, 0.1) is 18.3 Å². The maximum absolute atomic E-state index is 13.2. The molecule has 0 saturated carbocycles. The zero-order valence-corrected chi connectivity index (χ0v) is 18.5. The van der Waals surface area contributed by atoms with Crippen LogP contribution in [-0.2, 0) is 6.54 Å². The maximum atomic E-state index is 13.2. The molecule has 0 aliphatic rings. The monoisotopic (exact) mass is 418 g/mol. The van der Waals surface area contributed by atoms with Gasteiger partial charge in [0.15, 0.2) is 0 Å². The van der Waals surface area contributed by atoms with Crippen LogP contribution in [0.25, 0.3) is 21.3 Å². The predicted molar refractivity (Wildman–Crippen MR) is 125 cm³/mol. The van der Waals surface area contributed by atoms with Gasteiger partial charge in [-0.1, -0.05) is 41.5 Å². The van der Waals surface area contributed by atoms with Crippen molar-refractivity contribution in [3.05, 3.63) is 81.2 Å². The topological polar surface area (TPSA) is 44.1 Å². The smallest absolute Gasteiger partial charge is 0.262 e. The SMILES string of the molecule is Cc1ccc(OCCCCn2cnc3scc(-c4ccc(C)cc4C)c3c2=O)cc1. The lowest BCUT2D eigenvalue weighted by atomic mass is 9.99. The lowest BCUT2D eigenvalue weighted by Crippen LogP contribution is -2.20. The van der Waals surface area contributed by atoms with Gasteiger partial charge in [-0.15, -0.1) is 11.3 Å². The van der Waals surface area contributed by atoms with Crippen molar-refractivity contribution in [2.75, 3.05) is 6.61 Å². The van der Waals surface area contributed by atoms with Gasteiger partial charge >= 0.3 is 0 Å². The third kappa shape index (κ3) is 4.31. The molecular weight excluding hydrogens is 392 g/mol. The summed E-state index contributed by atoms with van der Waals surface area (Å²) in [6.07, 6.45) is 3.42. The molecule has 0 N–H and O–H groups in total. The van der Waals surface area contributed by atoms with Gasteiger partial charge in [0.25, 0.3) is 5.56 Å². The molecule has 4 nitrogen and oxygen atoms in total. The Hall–Kier alpha value is -2.92. The molecule has 0 atom stereocenters. The average molecular weight is 419 g/mol. The molecule has 0 aliphatic carbocycles. The van der Waals surface area contributed by atoms with Crippen LogP contribution in [0.4, 0.5) is 0 Å². The highest BCUT2D eigenvalue weighted by molar-refractivity contribution is 7.17. The predicted octanol–water partition coefficient (Wildman–Crippen LogP) is 5.91. The van der Waals surface area contributed by atoms with E-state index in [2.05, 4.69) is 49.3 Å². The van der Waals surface area contributed by atoms with Crippen molar-refractivity contribution in [2.24, 2.45) is 0 Å². The number of nitrogens with zero attached hydrogens (tertiary/aromatic N) is 2. The average Bonchev–Trinajstić information content (AvgIpc) is 3.15. The molecule has 30 heavy (non-hydrogen) atoms. The molecule has 154 valence electrons. The Bertz CT molecular complexity index is 1220. The first-order valence-electron chi connectivity index (χ1n) is 10.3. The molecule has 4 rings (SSSR count). The second-order valence-electron chi connectivity index (χ2n) is 7.76. The summed E-state index contributed by atoms with van der Waals surface area (Å²) in [6.45, 7) is 7.51. The van der Waals surface area contributed by atoms with Crippen molar-refractivity contribution in [3.8, 4) is 16.9 Å². The van der Waals surface area contributed by atoms with Gasteiger partial charge in [-0.3, -0.25) is 9.36 Å². The second-order valence-corrected chi connectivity index (χ2v) is 8.62. The van der Waals surface area contributed by atoms with Gasteiger partial charge in [-0.05, 0) is 56.9 Å². The molecule has 0 radical (unpaired) electrons. The van der Waals surface area contributed by atoms with Crippen LogP contribution in [-0.4, -0.2) is 16.2 Å². The number of thiophene rings is 1. The largest absolute Gasteiger partial charge is 0.494 e. The molecule has 4 aromatic rings. The van der Waals surface area contributed by atoms with E-state index in [1.807, 2.05) is 24.3 Å². The summed E-state index contributed by atoms with van der Waals surface area (Å²) in [5.41, 5.74) is 5.75. The number of fused-ring (bicyclic) bond motifs is 1. The fourth-order valence-corrected chi connectivity index (χ4v) is 4.55. The van der Waals surface area contributed by atoms with Crippen molar-refractivity contribution < 1.29 is 4.74 Å². The number of hydrogen-bond donors (Lipinski definition) is 0. The first kappa shape index (κ1) is 20.4. The Morgan fingerprint density at radius 3 is 2.50 bits per heavy atom. The summed E-state index contributed by atoms with van der Waals surface area (Å²) in [4.78, 5) is 18.5. The number of hydrogen-bond acceptors (Lipinski definition) is 4. The van der Waals surface area contributed by atoms with Crippen molar-refractivity contribution in [1.82, 2.24) is 9.55 Å². The van der Waals surface area contributed by atoms with Crippen LogP contribution in [0.15, 0.2) is 59.0 Å². The van der Waals surface area contributed by atoms with Crippen LogP contribution < -0.4 is 10.3 Å². The van der Waals surface area contributed by atoms with E-state index >= 15 is 0 Å². The Morgan fingerprint density at radius 1 is 0.967 bits per heavy atom. The number of unbranched alkanes of at least 4 members (excludes halogenated alkanes) is 1. The van der Waals surface area contributed by atoms with E-state index in [1.54, 1.807) is 10.9 Å². The molecule has 0 unspecified atom stereocenters. The van der Waals surface area contributed by atoms with E-state index in [4.69, 9.17) is 4.74 Å². The minimum atomic E-state index is 0.0377. The van der Waals surface area contributed by atoms with Crippen LogP contribution in [0.2, 0.25) is 0 Å². The van der Waals surface area contributed by atoms with Gasteiger partial charge in [0.2, 0.25) is 0 Å². The normalized spacial score (nSPS) is 11.2. The quantitative estimate of drug-likeness (QED) is 0.351. The van der Waals surface area contributed by atoms with Crippen LogP contribution in [0.1, 0.15) is 29.5 Å². The first-order valence-corrected chi connectivity index (χ1v) is 11.1. The van der Waals surface area contributed by atoms with Crippen LogP contribution in [0.3, 0.4) is 0 Å². The summed E-state index contributed by atoms with van der Waals surface area (Å²) in [5, 5.41) is 2.78. The minimum Gasteiger partial charge on any atom is -0.494 e. The summed E-state index contributed by atoms with van der Waals surface area (Å²) in [7, 11) is 0. The van der Waals surface area contributed by atoms with Crippen LogP contribution in [0.5, 0.6) is 5.75 Å². The van der Waals surface area contributed by atoms with Crippen molar-refractivity contribution in [1.29, 1.82) is 0 Å². The lowest BCUT2D eigenvalue weighted by Gasteiger charge is -2.09. The fourth-order valence-electron chi connectivity index (χ4n) is 3.65. The number of aryl methyl sites for hydroxylation is 4. The zero-order chi connectivity index (χ0) is 21.1. The highest BCUT2D eigenvalue weighted by Crippen LogP contribution is 2.33. The number of benzene rings is 2. The molecule has 2 aromatic heterocycles. The molecule has 0 saturated heterocycles. The van der Waals surface area contributed by atoms with E-state index < -0.39 is 0 Å². The Morgan fingerprint density at radius 2 is 1.73 bits per heavy atom. The fraction of sp³-hybridized carbons (Fsp3) is 0.280. The van der Waals surface area contributed by atoms with Gasteiger partial charge < -0.3 is 4.74 Å². The van der Waals surface area contributed by atoms with Crippen LogP contribution >= 0.6 is 11.3 Å². The third-order valence-corrected chi connectivity index (χ3v) is 6.20. The molecule has 0 bridgehead atoms. The van der Waals surface area contributed by atoms with Gasteiger partial charge in [-0.2, -0.15) is 0 Å². The molecule has 2 heterocycles. The maximum Gasteiger partial charge on any atom is 0.262 e. The van der Waals surface area contributed by atoms with Crippen molar-refractivity contribution >= 4 is 21.6 Å². The molecule has 0 aliphatic heterocycles. The number of aromatic nitrogens is 2. The van der Waals surface area contributed by atoms with Crippen LogP contribution in [0, 0.1) is 20.8 Å². The molecule has 5 heteroatoms. The van der Waals surface area contributed by atoms with Crippen molar-refractivity contribution in [2.45, 2.75) is 40.2 Å². The molecule has 0 amide bonds. The third-order valence-electron chi connectivity index (χ3n) is 5.32. The Balaban J connectivity index is 1.46. The molecule has 0 spiro atoms. The molecule has 0 fully saturated rings. The Kier molecular flexibility index (Phi) is 6.00. The summed E-state index contributed by atoms with van der Waals surface area (Å²) in [5.74, 6) is 0.886. The van der Waals surface area contributed by atoms with E-state index in [0.29, 0.717) is 13.2 Å². The number of ether oxygens (including phenoxy) is 1. The van der Waals surface area contributed by atoms with Gasteiger partial charge in [0, 0.05) is 17.5 Å². The Labute approximate surface area is 180 Å².